The van der Waals surface area contributed by atoms with Crippen molar-refractivity contribution >= 4 is 7.60 Å². The van der Waals surface area contributed by atoms with Gasteiger partial charge in [0.15, 0.2) is 7.60 Å². The number of nitrogens with zero attached hydrogens (tertiary/aromatic N) is 1. The first-order valence-corrected chi connectivity index (χ1v) is 7.23. The monoisotopic (exact) mass is 252 g/mol. The van der Waals surface area contributed by atoms with Gasteiger partial charge in [-0.15, -0.1) is 0 Å². The third-order valence-corrected chi connectivity index (χ3v) is 4.16. The third kappa shape index (κ3) is 5.97. The summed E-state index contributed by atoms with van der Waals surface area (Å²) in [4.78, 5) is 21.6. The first kappa shape index (κ1) is 16.1. The van der Waals surface area contributed by atoms with Gasteiger partial charge in [0, 0.05) is 6.54 Å². The Kier molecular flexibility index (Phi) is 6.75. The minimum atomic E-state index is -4.68. The van der Waals surface area contributed by atoms with Crippen molar-refractivity contribution in [2.45, 2.75) is 44.9 Å². The van der Waals surface area contributed by atoms with E-state index in [2.05, 4.69) is 6.92 Å². The molecule has 2 atom stereocenters. The molecule has 2 unspecified atom stereocenters. The number of unbranched alkanes of at least 4 members (excludes halogenated alkanes) is 2. The van der Waals surface area contributed by atoms with Crippen LogP contribution in [0.2, 0.25) is 0 Å². The van der Waals surface area contributed by atoms with E-state index in [1.807, 2.05) is 11.9 Å². The zero-order valence-electron chi connectivity index (χ0n) is 10.3. The van der Waals surface area contributed by atoms with Gasteiger partial charge in [-0.1, -0.05) is 19.8 Å². The molecule has 0 aliphatic heterocycles. The van der Waals surface area contributed by atoms with Crippen LogP contribution in [-0.4, -0.2) is 40.4 Å². The maximum Gasteiger partial charge on any atom is 0.163 e. The standard InChI is InChI=1S/C10H24NO4P/c1-4-5-6-8-11(3)9-7-10(2,12)16(13,14)15/h12H,4-9H2,1-3H3,(H2,13,14,15)/p-1. The first-order valence-electron chi connectivity index (χ1n) is 5.65. The summed E-state index contributed by atoms with van der Waals surface area (Å²) in [5, 5.41) is 7.50. The molecule has 0 bridgehead atoms. The minimum absolute atomic E-state index is 0.0207. The number of aliphatic hydroxyl groups is 1. The average molecular weight is 252 g/mol. The van der Waals surface area contributed by atoms with E-state index in [0.29, 0.717) is 6.54 Å². The molecule has 0 aliphatic carbocycles. The van der Waals surface area contributed by atoms with Gasteiger partial charge in [-0.3, -0.25) is 0 Å². The van der Waals surface area contributed by atoms with E-state index in [1.54, 1.807) is 0 Å². The van der Waals surface area contributed by atoms with Crippen LogP contribution in [0.4, 0.5) is 0 Å². The van der Waals surface area contributed by atoms with Crippen molar-refractivity contribution in [1.82, 2.24) is 4.90 Å². The summed E-state index contributed by atoms with van der Waals surface area (Å²) >= 11 is 0. The van der Waals surface area contributed by atoms with E-state index >= 15 is 0 Å². The van der Waals surface area contributed by atoms with Gasteiger partial charge in [-0.05, 0) is 33.4 Å². The van der Waals surface area contributed by atoms with E-state index in [0.717, 1.165) is 32.7 Å². The van der Waals surface area contributed by atoms with E-state index < -0.39 is 12.9 Å². The summed E-state index contributed by atoms with van der Waals surface area (Å²) in [7, 11) is -2.80. The van der Waals surface area contributed by atoms with Gasteiger partial charge >= 0.3 is 0 Å². The van der Waals surface area contributed by atoms with Crippen LogP contribution in [0.25, 0.3) is 0 Å². The maximum atomic E-state index is 10.8. The quantitative estimate of drug-likeness (QED) is 0.492. The zero-order chi connectivity index (χ0) is 12.8. The predicted molar refractivity (Wildman–Crippen MR) is 62.1 cm³/mol. The van der Waals surface area contributed by atoms with Crippen molar-refractivity contribution in [3.05, 3.63) is 0 Å². The number of hydrogen-bond acceptors (Lipinski definition) is 4. The molecule has 16 heavy (non-hydrogen) atoms. The molecule has 98 valence electrons. The molecule has 6 heteroatoms. The second-order valence-electron chi connectivity index (χ2n) is 4.50. The largest absolute Gasteiger partial charge is 0.777 e. The Labute approximate surface area is 97.6 Å². The van der Waals surface area contributed by atoms with Gasteiger partial charge in [-0.2, -0.15) is 0 Å². The maximum absolute atomic E-state index is 10.8. The lowest BCUT2D eigenvalue weighted by molar-refractivity contribution is -0.210. The van der Waals surface area contributed by atoms with E-state index in [9.17, 15) is 14.6 Å². The summed E-state index contributed by atoms with van der Waals surface area (Å²) in [6.45, 7) is 4.56. The summed E-state index contributed by atoms with van der Waals surface area (Å²) in [6.07, 6.45) is 3.36. The number of hydrogen-bond donors (Lipinski definition) is 2. The topological polar surface area (TPSA) is 83.8 Å². The zero-order valence-corrected chi connectivity index (χ0v) is 11.2. The Balaban J connectivity index is 3.91. The predicted octanol–water partition coefficient (Wildman–Crippen LogP) is 0.753. The van der Waals surface area contributed by atoms with E-state index in [4.69, 9.17) is 4.89 Å². The van der Waals surface area contributed by atoms with Crippen molar-refractivity contribution in [3.63, 3.8) is 0 Å². The fourth-order valence-corrected chi connectivity index (χ4v) is 1.67. The Morgan fingerprint density at radius 3 is 2.38 bits per heavy atom. The number of rotatable bonds is 8. The molecule has 0 aromatic rings. The van der Waals surface area contributed by atoms with Crippen LogP contribution in [0.3, 0.4) is 0 Å². The van der Waals surface area contributed by atoms with Gasteiger partial charge in [-0.25, -0.2) is 0 Å². The molecule has 5 nitrogen and oxygen atoms in total. The first-order chi connectivity index (χ1) is 7.20. The molecule has 0 saturated heterocycles. The van der Waals surface area contributed by atoms with Crippen molar-refractivity contribution < 1.29 is 19.5 Å². The van der Waals surface area contributed by atoms with Gasteiger partial charge < -0.3 is 24.4 Å². The summed E-state index contributed by atoms with van der Waals surface area (Å²) in [6, 6.07) is 0. The van der Waals surface area contributed by atoms with Crippen LogP contribution >= 0.6 is 7.60 Å². The minimum Gasteiger partial charge on any atom is -0.777 e. The Bertz CT molecular complexity index is 239. The molecule has 0 heterocycles. The van der Waals surface area contributed by atoms with Crippen LogP contribution in [-0.2, 0) is 4.57 Å². The van der Waals surface area contributed by atoms with Crippen LogP contribution in [0.15, 0.2) is 0 Å². The lowest BCUT2D eigenvalue weighted by Crippen LogP contribution is -2.34. The Morgan fingerprint density at radius 2 is 1.94 bits per heavy atom. The fraction of sp³-hybridized carbons (Fsp3) is 1.00. The third-order valence-electron chi connectivity index (χ3n) is 2.72. The van der Waals surface area contributed by atoms with Crippen molar-refractivity contribution in [3.8, 4) is 0 Å². The van der Waals surface area contributed by atoms with Crippen LogP contribution < -0.4 is 4.89 Å². The smallest absolute Gasteiger partial charge is 0.163 e. The van der Waals surface area contributed by atoms with Gasteiger partial charge in [0.25, 0.3) is 0 Å². The van der Waals surface area contributed by atoms with Crippen molar-refractivity contribution in [2.75, 3.05) is 20.1 Å². The summed E-state index contributed by atoms with van der Waals surface area (Å²) in [5.74, 6) is 0. The molecule has 0 amide bonds. The average Bonchev–Trinajstić information content (AvgIpc) is 2.13. The molecule has 0 rings (SSSR count). The van der Waals surface area contributed by atoms with Gasteiger partial charge in [0.1, 0.15) is 5.34 Å². The molecule has 2 N–H and O–H groups in total. The molecule has 0 aliphatic rings. The molecule has 0 aromatic heterocycles. The van der Waals surface area contributed by atoms with Crippen molar-refractivity contribution in [2.24, 2.45) is 0 Å². The SMILES string of the molecule is CCCCCN(C)CCC(C)(O)P(=O)([O-])O. The molecule has 0 fully saturated rings. The summed E-state index contributed by atoms with van der Waals surface area (Å²) in [5.41, 5.74) is 0. The highest BCUT2D eigenvalue weighted by atomic mass is 31.2. The second-order valence-corrected chi connectivity index (χ2v) is 6.50. The van der Waals surface area contributed by atoms with E-state index in [1.165, 1.54) is 0 Å². The van der Waals surface area contributed by atoms with Gasteiger partial charge in [0.2, 0.25) is 0 Å². The normalized spacial score (nSPS) is 19.4. The molecular weight excluding hydrogens is 229 g/mol. The lowest BCUT2D eigenvalue weighted by Gasteiger charge is -2.34. The molecule has 0 spiro atoms. The van der Waals surface area contributed by atoms with Crippen LogP contribution in [0.1, 0.15) is 39.5 Å². The van der Waals surface area contributed by atoms with Crippen LogP contribution in [0, 0.1) is 0 Å². The van der Waals surface area contributed by atoms with Crippen molar-refractivity contribution in [1.29, 1.82) is 0 Å². The molecular formula is C10H23NO4P-. The molecule has 0 aromatic carbocycles. The lowest BCUT2D eigenvalue weighted by atomic mass is 10.2. The van der Waals surface area contributed by atoms with Crippen LogP contribution in [0.5, 0.6) is 0 Å². The second kappa shape index (κ2) is 6.72. The summed E-state index contributed by atoms with van der Waals surface area (Å²) < 4.78 is 10.8. The van der Waals surface area contributed by atoms with Gasteiger partial charge in [0.05, 0.1) is 0 Å². The highest BCUT2D eigenvalue weighted by Crippen LogP contribution is 2.46. The van der Waals surface area contributed by atoms with E-state index in [-0.39, 0.29) is 6.42 Å². The molecule has 0 saturated carbocycles. The highest BCUT2D eigenvalue weighted by Gasteiger charge is 2.31. The fourth-order valence-electron chi connectivity index (χ4n) is 1.29. The molecule has 0 radical (unpaired) electrons. The Morgan fingerprint density at radius 1 is 1.38 bits per heavy atom. The highest BCUT2D eigenvalue weighted by molar-refractivity contribution is 7.51. The Hall–Kier alpha value is 0.0700.